The maximum atomic E-state index is 5.75. The van der Waals surface area contributed by atoms with Crippen LogP contribution in [-0.4, -0.2) is 22.6 Å². The fourth-order valence-corrected chi connectivity index (χ4v) is 2.20. The summed E-state index contributed by atoms with van der Waals surface area (Å²) in [5.41, 5.74) is 7.60. The molecule has 0 unspecified atom stereocenters. The number of hydrogen-bond acceptors (Lipinski definition) is 3. The molecule has 1 saturated carbocycles. The molecule has 0 amide bonds. The SMILES string of the molecule is CC(C)CN(c1cccnc1C(N)=S)C1CC1. The highest BCUT2D eigenvalue weighted by Crippen LogP contribution is 2.33. The topological polar surface area (TPSA) is 42.2 Å². The number of pyridine rings is 1. The van der Waals surface area contributed by atoms with E-state index in [-0.39, 0.29) is 0 Å². The lowest BCUT2D eigenvalue weighted by Gasteiger charge is -2.28. The second-order valence-electron chi connectivity index (χ2n) is 5.01. The third kappa shape index (κ3) is 2.94. The van der Waals surface area contributed by atoms with Crippen molar-refractivity contribution in [3.8, 4) is 0 Å². The monoisotopic (exact) mass is 249 g/mol. The van der Waals surface area contributed by atoms with Crippen molar-refractivity contribution in [2.45, 2.75) is 32.7 Å². The Morgan fingerprint density at radius 3 is 2.82 bits per heavy atom. The van der Waals surface area contributed by atoms with E-state index in [1.54, 1.807) is 6.20 Å². The molecule has 17 heavy (non-hydrogen) atoms. The molecule has 2 N–H and O–H groups in total. The van der Waals surface area contributed by atoms with Gasteiger partial charge in [-0.15, -0.1) is 0 Å². The Morgan fingerprint density at radius 1 is 1.59 bits per heavy atom. The van der Waals surface area contributed by atoms with E-state index >= 15 is 0 Å². The van der Waals surface area contributed by atoms with E-state index in [0.717, 1.165) is 17.9 Å². The van der Waals surface area contributed by atoms with Gasteiger partial charge in [-0.25, -0.2) is 0 Å². The molecule has 0 atom stereocenters. The van der Waals surface area contributed by atoms with E-state index in [2.05, 4.69) is 29.8 Å². The molecule has 0 bridgehead atoms. The van der Waals surface area contributed by atoms with Crippen LogP contribution in [-0.2, 0) is 0 Å². The number of nitrogens with zero attached hydrogens (tertiary/aromatic N) is 2. The van der Waals surface area contributed by atoms with Crippen molar-refractivity contribution in [2.75, 3.05) is 11.4 Å². The Labute approximate surface area is 108 Å². The first-order valence-electron chi connectivity index (χ1n) is 6.11. The Hall–Kier alpha value is -1.16. The van der Waals surface area contributed by atoms with Gasteiger partial charge in [-0.1, -0.05) is 26.1 Å². The van der Waals surface area contributed by atoms with Crippen LogP contribution in [0.3, 0.4) is 0 Å². The molecule has 1 heterocycles. The molecule has 0 aliphatic heterocycles. The second kappa shape index (κ2) is 5.00. The van der Waals surface area contributed by atoms with E-state index in [9.17, 15) is 0 Å². The Kier molecular flexibility index (Phi) is 3.62. The average molecular weight is 249 g/mol. The minimum atomic E-state index is 0.384. The lowest BCUT2D eigenvalue weighted by Crippen LogP contribution is -2.32. The van der Waals surface area contributed by atoms with E-state index in [0.29, 0.717) is 16.9 Å². The molecule has 3 nitrogen and oxygen atoms in total. The number of nitrogens with two attached hydrogens (primary N) is 1. The molecule has 1 aromatic heterocycles. The molecule has 0 saturated heterocycles. The molecule has 4 heteroatoms. The first kappa shape index (κ1) is 12.3. The van der Waals surface area contributed by atoms with Crippen LogP contribution in [0.15, 0.2) is 18.3 Å². The fraction of sp³-hybridized carbons (Fsp3) is 0.538. The van der Waals surface area contributed by atoms with Gasteiger partial charge in [0.1, 0.15) is 10.7 Å². The Morgan fingerprint density at radius 2 is 2.29 bits per heavy atom. The highest BCUT2D eigenvalue weighted by Gasteiger charge is 2.31. The Balaban J connectivity index is 2.31. The van der Waals surface area contributed by atoms with Gasteiger partial charge in [0.05, 0.1) is 5.69 Å². The van der Waals surface area contributed by atoms with Gasteiger partial charge in [0.15, 0.2) is 0 Å². The van der Waals surface area contributed by atoms with Gasteiger partial charge >= 0.3 is 0 Å². The minimum Gasteiger partial charge on any atom is -0.388 e. The van der Waals surface area contributed by atoms with Gasteiger partial charge in [0.2, 0.25) is 0 Å². The van der Waals surface area contributed by atoms with Crippen molar-refractivity contribution in [1.82, 2.24) is 4.98 Å². The molecule has 1 aliphatic carbocycles. The number of aromatic nitrogens is 1. The van der Waals surface area contributed by atoms with Gasteiger partial charge in [0, 0.05) is 18.8 Å². The van der Waals surface area contributed by atoms with Gasteiger partial charge in [-0.3, -0.25) is 4.98 Å². The predicted molar refractivity (Wildman–Crippen MR) is 75.3 cm³/mol. The molecular formula is C13H19N3S. The summed E-state index contributed by atoms with van der Waals surface area (Å²) in [6.07, 6.45) is 4.27. The number of thiocarbonyl (C=S) groups is 1. The zero-order valence-electron chi connectivity index (χ0n) is 10.4. The molecular weight excluding hydrogens is 230 g/mol. The van der Waals surface area contributed by atoms with E-state index in [4.69, 9.17) is 18.0 Å². The molecule has 2 rings (SSSR count). The summed E-state index contributed by atoms with van der Waals surface area (Å²) in [6, 6.07) is 4.67. The van der Waals surface area contributed by atoms with Crippen LogP contribution in [0, 0.1) is 5.92 Å². The second-order valence-corrected chi connectivity index (χ2v) is 5.45. The number of anilines is 1. The summed E-state index contributed by atoms with van der Waals surface area (Å²) >= 11 is 5.08. The van der Waals surface area contributed by atoms with Crippen molar-refractivity contribution in [3.63, 3.8) is 0 Å². The van der Waals surface area contributed by atoms with Crippen LogP contribution in [0.2, 0.25) is 0 Å². The zero-order chi connectivity index (χ0) is 12.4. The lowest BCUT2D eigenvalue weighted by molar-refractivity contribution is 0.606. The van der Waals surface area contributed by atoms with Crippen LogP contribution in [0.4, 0.5) is 5.69 Å². The predicted octanol–water partition coefficient (Wildman–Crippen LogP) is 2.34. The van der Waals surface area contributed by atoms with Crippen molar-refractivity contribution in [1.29, 1.82) is 0 Å². The smallest absolute Gasteiger partial charge is 0.124 e. The van der Waals surface area contributed by atoms with Gasteiger partial charge in [-0.2, -0.15) is 0 Å². The van der Waals surface area contributed by atoms with Crippen LogP contribution in [0.5, 0.6) is 0 Å². The minimum absolute atomic E-state index is 0.384. The zero-order valence-corrected chi connectivity index (χ0v) is 11.2. The third-order valence-corrected chi connectivity index (χ3v) is 3.07. The van der Waals surface area contributed by atoms with E-state index < -0.39 is 0 Å². The van der Waals surface area contributed by atoms with Crippen molar-refractivity contribution >= 4 is 22.9 Å². The molecule has 1 aromatic rings. The maximum Gasteiger partial charge on any atom is 0.124 e. The highest BCUT2D eigenvalue weighted by atomic mass is 32.1. The quantitative estimate of drug-likeness (QED) is 0.813. The molecule has 92 valence electrons. The Bertz CT molecular complexity index is 413. The van der Waals surface area contributed by atoms with Crippen LogP contribution >= 0.6 is 12.2 Å². The number of hydrogen-bond donors (Lipinski definition) is 1. The normalized spacial score (nSPS) is 15.0. The van der Waals surface area contributed by atoms with Crippen LogP contribution < -0.4 is 10.6 Å². The van der Waals surface area contributed by atoms with Crippen LogP contribution in [0.25, 0.3) is 0 Å². The summed E-state index contributed by atoms with van der Waals surface area (Å²) in [6.45, 7) is 5.49. The molecule has 0 radical (unpaired) electrons. The fourth-order valence-electron chi connectivity index (χ4n) is 2.04. The molecule has 1 fully saturated rings. The first-order valence-corrected chi connectivity index (χ1v) is 6.52. The average Bonchev–Trinajstić information content (AvgIpc) is 3.09. The van der Waals surface area contributed by atoms with Gasteiger partial charge in [0.25, 0.3) is 0 Å². The first-order chi connectivity index (χ1) is 8.09. The molecule has 0 aromatic carbocycles. The summed E-state index contributed by atoms with van der Waals surface area (Å²) in [7, 11) is 0. The van der Waals surface area contributed by atoms with E-state index in [1.165, 1.54) is 12.8 Å². The largest absolute Gasteiger partial charge is 0.388 e. The van der Waals surface area contributed by atoms with Gasteiger partial charge < -0.3 is 10.6 Å². The standard InChI is InChI=1S/C13H19N3S/c1-9(2)8-16(10-5-6-10)11-4-3-7-15-12(11)13(14)17/h3-4,7,9-10H,5-6,8H2,1-2H3,(H2,14,17). The summed E-state index contributed by atoms with van der Waals surface area (Å²) in [5.74, 6) is 0.620. The maximum absolute atomic E-state index is 5.75. The highest BCUT2D eigenvalue weighted by molar-refractivity contribution is 7.80. The van der Waals surface area contributed by atoms with E-state index in [1.807, 2.05) is 6.07 Å². The van der Waals surface area contributed by atoms with Crippen molar-refractivity contribution in [2.24, 2.45) is 11.7 Å². The lowest BCUT2D eigenvalue weighted by atomic mass is 10.1. The van der Waals surface area contributed by atoms with Crippen molar-refractivity contribution < 1.29 is 0 Å². The summed E-state index contributed by atoms with van der Waals surface area (Å²) < 4.78 is 0. The van der Waals surface area contributed by atoms with Crippen LogP contribution in [0.1, 0.15) is 32.4 Å². The number of rotatable bonds is 5. The summed E-state index contributed by atoms with van der Waals surface area (Å²) in [5, 5.41) is 0. The third-order valence-electron chi connectivity index (χ3n) is 2.88. The molecule has 1 aliphatic rings. The summed E-state index contributed by atoms with van der Waals surface area (Å²) in [4.78, 5) is 7.10. The van der Waals surface area contributed by atoms with Crippen molar-refractivity contribution in [3.05, 3.63) is 24.0 Å². The molecule has 0 spiro atoms. The van der Waals surface area contributed by atoms with Gasteiger partial charge in [-0.05, 0) is 30.9 Å².